The molecule has 0 bridgehead atoms. The first-order chi connectivity index (χ1) is 9.93. The molecule has 0 aliphatic heterocycles. The highest BCUT2D eigenvalue weighted by Crippen LogP contribution is 2.22. The Hall–Kier alpha value is -1.78. The van der Waals surface area contributed by atoms with Gasteiger partial charge < -0.3 is 15.0 Å². The molecule has 112 valence electrons. The Kier molecular flexibility index (Phi) is 4.70. The Balaban J connectivity index is 2.38. The molecule has 0 aliphatic carbocycles. The minimum Gasteiger partial charge on any atom is -0.394 e. The highest BCUT2D eigenvalue weighted by Gasteiger charge is 2.17. The number of carbonyl (C=O) groups is 1. The monoisotopic (exact) mass is 306 g/mol. The van der Waals surface area contributed by atoms with Crippen LogP contribution in [0.3, 0.4) is 0 Å². The lowest BCUT2D eigenvalue weighted by molar-refractivity contribution is 0.0921. The van der Waals surface area contributed by atoms with E-state index in [1.54, 1.807) is 6.92 Å². The van der Waals surface area contributed by atoms with Gasteiger partial charge in [-0.05, 0) is 51.1 Å². The Morgan fingerprint density at radius 2 is 1.95 bits per heavy atom. The highest BCUT2D eigenvalue weighted by molar-refractivity contribution is 6.30. The molecule has 0 radical (unpaired) electrons. The van der Waals surface area contributed by atoms with Crippen molar-refractivity contribution in [3.63, 3.8) is 0 Å². The van der Waals surface area contributed by atoms with Crippen LogP contribution in [-0.2, 0) is 0 Å². The second-order valence-electron chi connectivity index (χ2n) is 5.15. The molecule has 1 amide bonds. The molecule has 4 nitrogen and oxygen atoms in total. The van der Waals surface area contributed by atoms with Gasteiger partial charge in [0.2, 0.25) is 0 Å². The molecule has 0 spiro atoms. The van der Waals surface area contributed by atoms with Crippen LogP contribution in [0.1, 0.15) is 28.7 Å². The summed E-state index contributed by atoms with van der Waals surface area (Å²) in [6.07, 6.45) is 0. The number of nitrogens with one attached hydrogen (secondary N) is 1. The summed E-state index contributed by atoms with van der Waals surface area (Å²) in [4.78, 5) is 12.2. The van der Waals surface area contributed by atoms with Crippen molar-refractivity contribution < 1.29 is 9.90 Å². The van der Waals surface area contributed by atoms with Crippen molar-refractivity contribution >= 4 is 17.5 Å². The zero-order valence-electron chi connectivity index (χ0n) is 12.4. The topological polar surface area (TPSA) is 54.3 Å². The zero-order chi connectivity index (χ0) is 15.6. The van der Waals surface area contributed by atoms with E-state index in [9.17, 15) is 4.79 Å². The van der Waals surface area contributed by atoms with E-state index in [2.05, 4.69) is 5.32 Å². The Morgan fingerprint density at radius 1 is 1.33 bits per heavy atom. The summed E-state index contributed by atoms with van der Waals surface area (Å²) in [6, 6.07) is 9.06. The first-order valence-electron chi connectivity index (χ1n) is 6.80. The van der Waals surface area contributed by atoms with E-state index in [-0.39, 0.29) is 18.6 Å². The predicted octanol–water partition coefficient (Wildman–Crippen LogP) is 2.86. The van der Waals surface area contributed by atoms with Crippen molar-refractivity contribution in [2.24, 2.45) is 0 Å². The summed E-state index contributed by atoms with van der Waals surface area (Å²) < 4.78 is 2.01. The van der Waals surface area contributed by atoms with Gasteiger partial charge in [-0.2, -0.15) is 0 Å². The molecule has 0 saturated heterocycles. The summed E-state index contributed by atoms with van der Waals surface area (Å²) in [5, 5.41) is 12.5. The molecule has 2 rings (SSSR count). The van der Waals surface area contributed by atoms with Crippen LogP contribution >= 0.6 is 11.6 Å². The molecule has 1 aromatic carbocycles. The molecule has 1 atom stereocenters. The standard InChI is InChI=1S/C16H19ClN2O2/c1-10(9-20)18-16(21)15-8-11(2)19(12(15)3)14-6-4-13(17)5-7-14/h4-8,10,20H,9H2,1-3H3,(H,18,21). The quantitative estimate of drug-likeness (QED) is 0.912. The van der Waals surface area contributed by atoms with E-state index in [1.807, 2.05) is 48.7 Å². The maximum atomic E-state index is 12.2. The Bertz CT molecular complexity index is 647. The number of aromatic nitrogens is 1. The van der Waals surface area contributed by atoms with Crippen molar-refractivity contribution in [3.8, 4) is 5.69 Å². The third-order valence-corrected chi connectivity index (χ3v) is 3.66. The molecule has 0 fully saturated rings. The van der Waals surface area contributed by atoms with Gasteiger partial charge in [-0.3, -0.25) is 4.79 Å². The predicted molar refractivity (Wildman–Crippen MR) is 84.3 cm³/mol. The van der Waals surface area contributed by atoms with E-state index in [1.165, 1.54) is 0 Å². The largest absolute Gasteiger partial charge is 0.394 e. The number of aryl methyl sites for hydroxylation is 1. The van der Waals surface area contributed by atoms with Gasteiger partial charge in [0.05, 0.1) is 12.2 Å². The van der Waals surface area contributed by atoms with Crippen LogP contribution in [0.2, 0.25) is 5.02 Å². The van der Waals surface area contributed by atoms with E-state index < -0.39 is 0 Å². The van der Waals surface area contributed by atoms with Gasteiger partial charge in [0.1, 0.15) is 0 Å². The molecule has 1 aromatic heterocycles. The summed E-state index contributed by atoms with van der Waals surface area (Å²) >= 11 is 5.91. The Labute approximate surface area is 129 Å². The first-order valence-corrected chi connectivity index (χ1v) is 7.18. The molecule has 1 unspecified atom stereocenters. The van der Waals surface area contributed by atoms with Crippen LogP contribution in [0.4, 0.5) is 0 Å². The maximum Gasteiger partial charge on any atom is 0.253 e. The van der Waals surface area contributed by atoms with Gasteiger partial charge in [0.25, 0.3) is 5.91 Å². The van der Waals surface area contributed by atoms with Gasteiger partial charge in [-0.25, -0.2) is 0 Å². The summed E-state index contributed by atoms with van der Waals surface area (Å²) in [6.45, 7) is 5.53. The van der Waals surface area contributed by atoms with E-state index in [0.29, 0.717) is 10.6 Å². The van der Waals surface area contributed by atoms with Crippen LogP contribution in [0.15, 0.2) is 30.3 Å². The van der Waals surface area contributed by atoms with Crippen molar-refractivity contribution in [3.05, 3.63) is 52.3 Å². The van der Waals surface area contributed by atoms with Crippen LogP contribution in [0.25, 0.3) is 5.69 Å². The molecule has 2 N–H and O–H groups in total. The molecule has 1 heterocycles. The van der Waals surface area contributed by atoms with E-state index >= 15 is 0 Å². The van der Waals surface area contributed by atoms with E-state index in [4.69, 9.17) is 16.7 Å². The van der Waals surface area contributed by atoms with E-state index in [0.717, 1.165) is 17.1 Å². The number of halogens is 1. The number of rotatable bonds is 4. The number of amides is 1. The smallest absolute Gasteiger partial charge is 0.253 e. The van der Waals surface area contributed by atoms with Gasteiger partial charge >= 0.3 is 0 Å². The molecular weight excluding hydrogens is 288 g/mol. The SMILES string of the molecule is Cc1cc(C(=O)NC(C)CO)c(C)n1-c1ccc(Cl)cc1. The molecule has 5 heteroatoms. The van der Waals surface area contributed by atoms with Gasteiger partial charge in [-0.1, -0.05) is 11.6 Å². The van der Waals surface area contributed by atoms with Crippen molar-refractivity contribution in [2.75, 3.05) is 6.61 Å². The van der Waals surface area contributed by atoms with Gasteiger partial charge in [-0.15, -0.1) is 0 Å². The van der Waals surface area contributed by atoms with Crippen molar-refractivity contribution in [1.29, 1.82) is 0 Å². The number of benzene rings is 1. The lowest BCUT2D eigenvalue weighted by atomic mass is 10.2. The minimum absolute atomic E-state index is 0.0817. The van der Waals surface area contributed by atoms with Crippen LogP contribution in [0.5, 0.6) is 0 Å². The summed E-state index contributed by atoms with van der Waals surface area (Å²) in [5.74, 6) is -0.176. The number of hydrogen-bond acceptors (Lipinski definition) is 2. The summed E-state index contributed by atoms with van der Waals surface area (Å²) in [5.41, 5.74) is 3.40. The number of carbonyl (C=O) groups excluding carboxylic acids is 1. The summed E-state index contributed by atoms with van der Waals surface area (Å²) in [7, 11) is 0. The molecule has 2 aromatic rings. The van der Waals surface area contributed by atoms with Crippen molar-refractivity contribution in [1.82, 2.24) is 9.88 Å². The normalized spacial score (nSPS) is 12.2. The third kappa shape index (κ3) is 3.28. The molecule has 0 saturated carbocycles. The number of nitrogens with zero attached hydrogens (tertiary/aromatic N) is 1. The fraction of sp³-hybridized carbons (Fsp3) is 0.312. The third-order valence-electron chi connectivity index (χ3n) is 3.41. The lowest BCUT2D eigenvalue weighted by Gasteiger charge is -2.12. The highest BCUT2D eigenvalue weighted by atomic mass is 35.5. The minimum atomic E-state index is -0.268. The average Bonchev–Trinajstić information content (AvgIpc) is 2.75. The maximum absolute atomic E-state index is 12.2. The first kappa shape index (κ1) is 15.6. The lowest BCUT2D eigenvalue weighted by Crippen LogP contribution is -2.35. The average molecular weight is 307 g/mol. The Morgan fingerprint density at radius 3 is 2.52 bits per heavy atom. The fourth-order valence-corrected chi connectivity index (χ4v) is 2.45. The van der Waals surface area contributed by atoms with Gasteiger partial charge in [0.15, 0.2) is 0 Å². The second-order valence-corrected chi connectivity index (χ2v) is 5.59. The molecule has 21 heavy (non-hydrogen) atoms. The van der Waals surface area contributed by atoms with Crippen molar-refractivity contribution in [2.45, 2.75) is 26.8 Å². The van der Waals surface area contributed by atoms with Crippen LogP contribution < -0.4 is 5.32 Å². The number of aliphatic hydroxyl groups is 1. The van der Waals surface area contributed by atoms with Crippen LogP contribution in [-0.4, -0.2) is 28.2 Å². The van der Waals surface area contributed by atoms with Gasteiger partial charge in [0, 0.05) is 28.1 Å². The second kappa shape index (κ2) is 6.33. The fourth-order valence-electron chi connectivity index (χ4n) is 2.33. The van der Waals surface area contributed by atoms with Crippen LogP contribution in [0, 0.1) is 13.8 Å². The number of aliphatic hydroxyl groups excluding tert-OH is 1. The molecular formula is C16H19ClN2O2. The number of hydrogen-bond donors (Lipinski definition) is 2. The zero-order valence-corrected chi connectivity index (χ0v) is 13.1. The molecule has 0 aliphatic rings.